The van der Waals surface area contributed by atoms with Crippen molar-refractivity contribution in [2.45, 2.75) is 52.9 Å². The van der Waals surface area contributed by atoms with Gasteiger partial charge in [0, 0.05) is 12.6 Å². The van der Waals surface area contributed by atoms with E-state index >= 15 is 0 Å². The Morgan fingerprint density at radius 2 is 1.62 bits per heavy atom. The van der Waals surface area contributed by atoms with E-state index in [4.69, 9.17) is 4.42 Å². The van der Waals surface area contributed by atoms with Crippen LogP contribution < -0.4 is 5.32 Å². The average molecular weight is 391 g/mol. The Hall–Kier alpha value is -2.85. The Labute approximate surface area is 173 Å². The topological polar surface area (TPSA) is 45.5 Å². The molecule has 0 saturated heterocycles. The number of amides is 1. The smallest absolute Gasteiger partial charge is 0.287 e. The number of carbonyl (C=O) groups is 1. The van der Waals surface area contributed by atoms with E-state index < -0.39 is 0 Å². The highest BCUT2D eigenvalue weighted by molar-refractivity contribution is 5.91. The molecule has 1 atom stereocenters. The zero-order chi connectivity index (χ0) is 20.8. The van der Waals surface area contributed by atoms with E-state index in [2.05, 4.69) is 55.3 Å². The highest BCUT2D eigenvalue weighted by Crippen LogP contribution is 2.18. The minimum Gasteiger partial charge on any atom is -0.455 e. The molecule has 0 aliphatic heterocycles. The van der Waals surface area contributed by atoms with Crippen molar-refractivity contribution in [1.82, 2.24) is 10.2 Å². The number of hydrogen-bond acceptors (Lipinski definition) is 3. The molecule has 0 bridgehead atoms. The lowest BCUT2D eigenvalue weighted by Gasteiger charge is -2.26. The molecular formula is C25H30N2O2. The number of hydrogen-bond donors (Lipinski definition) is 1. The van der Waals surface area contributed by atoms with Gasteiger partial charge in [-0.15, -0.1) is 0 Å². The van der Waals surface area contributed by atoms with Crippen molar-refractivity contribution in [3.05, 3.63) is 94.9 Å². The molecule has 0 spiro atoms. The van der Waals surface area contributed by atoms with Gasteiger partial charge in [-0.25, -0.2) is 0 Å². The molecular weight excluding hydrogens is 360 g/mol. The Morgan fingerprint density at radius 3 is 2.31 bits per heavy atom. The predicted molar refractivity (Wildman–Crippen MR) is 117 cm³/mol. The van der Waals surface area contributed by atoms with Gasteiger partial charge in [0.1, 0.15) is 5.76 Å². The number of nitrogens with one attached hydrogen (secondary N) is 1. The summed E-state index contributed by atoms with van der Waals surface area (Å²) in [5.74, 6) is 0.954. The Balaban J connectivity index is 1.65. The van der Waals surface area contributed by atoms with Crippen molar-refractivity contribution in [2.75, 3.05) is 0 Å². The lowest BCUT2D eigenvalue weighted by molar-refractivity contribution is 0.0906. The minimum absolute atomic E-state index is 0.0783. The maximum Gasteiger partial charge on any atom is 0.287 e. The fourth-order valence-electron chi connectivity index (χ4n) is 3.31. The first kappa shape index (κ1) is 20.9. The van der Waals surface area contributed by atoms with Crippen LogP contribution in [0.4, 0.5) is 0 Å². The third-order valence-electron chi connectivity index (χ3n) is 5.26. The summed E-state index contributed by atoms with van der Waals surface area (Å²) in [6, 6.07) is 22.3. The second kappa shape index (κ2) is 9.57. The third-order valence-corrected chi connectivity index (χ3v) is 5.26. The van der Waals surface area contributed by atoms with Crippen molar-refractivity contribution in [2.24, 2.45) is 0 Å². The zero-order valence-electron chi connectivity index (χ0n) is 17.7. The van der Waals surface area contributed by atoms with Gasteiger partial charge in [0.15, 0.2) is 5.76 Å². The number of nitrogens with zero attached hydrogens (tertiary/aromatic N) is 1. The van der Waals surface area contributed by atoms with Crippen molar-refractivity contribution >= 4 is 5.91 Å². The van der Waals surface area contributed by atoms with Crippen molar-refractivity contribution in [3.63, 3.8) is 0 Å². The fourth-order valence-corrected chi connectivity index (χ4v) is 3.31. The number of furan rings is 1. The van der Waals surface area contributed by atoms with Crippen LogP contribution in [0.3, 0.4) is 0 Å². The highest BCUT2D eigenvalue weighted by Gasteiger charge is 2.18. The van der Waals surface area contributed by atoms with Crippen LogP contribution in [-0.2, 0) is 13.1 Å². The summed E-state index contributed by atoms with van der Waals surface area (Å²) < 4.78 is 5.88. The second-order valence-corrected chi connectivity index (χ2v) is 7.80. The molecule has 2 aromatic carbocycles. The summed E-state index contributed by atoms with van der Waals surface area (Å²) >= 11 is 0. The van der Waals surface area contributed by atoms with Gasteiger partial charge in [-0.05, 0) is 56.5 Å². The van der Waals surface area contributed by atoms with Gasteiger partial charge in [0.2, 0.25) is 0 Å². The van der Waals surface area contributed by atoms with Crippen LogP contribution in [0.2, 0.25) is 0 Å². The van der Waals surface area contributed by atoms with E-state index in [0.717, 1.165) is 17.9 Å². The Morgan fingerprint density at radius 1 is 0.931 bits per heavy atom. The lowest BCUT2D eigenvalue weighted by Crippen LogP contribution is -2.30. The van der Waals surface area contributed by atoms with Crippen LogP contribution in [-0.4, -0.2) is 16.8 Å². The first-order chi connectivity index (χ1) is 13.9. The molecule has 0 radical (unpaired) electrons. The van der Waals surface area contributed by atoms with Crippen LogP contribution in [0.25, 0.3) is 0 Å². The first-order valence-corrected chi connectivity index (χ1v) is 10.2. The maximum atomic E-state index is 12.6. The van der Waals surface area contributed by atoms with Crippen LogP contribution >= 0.6 is 0 Å². The van der Waals surface area contributed by atoms with Gasteiger partial charge in [0.25, 0.3) is 5.91 Å². The number of aryl methyl sites for hydroxylation is 1. The van der Waals surface area contributed by atoms with E-state index in [1.54, 1.807) is 6.07 Å². The van der Waals surface area contributed by atoms with E-state index in [1.165, 1.54) is 11.1 Å². The van der Waals surface area contributed by atoms with Crippen LogP contribution in [0.5, 0.6) is 0 Å². The molecule has 0 unspecified atom stereocenters. The summed E-state index contributed by atoms with van der Waals surface area (Å²) in [4.78, 5) is 14.9. The molecule has 152 valence electrons. The fraction of sp³-hybridized carbons (Fsp3) is 0.320. The van der Waals surface area contributed by atoms with Crippen LogP contribution in [0.1, 0.15) is 59.8 Å². The Kier molecular flexibility index (Phi) is 6.89. The Bertz CT molecular complexity index is 931. The zero-order valence-corrected chi connectivity index (χ0v) is 17.7. The van der Waals surface area contributed by atoms with E-state index in [-0.39, 0.29) is 11.9 Å². The minimum atomic E-state index is -0.192. The number of rotatable bonds is 8. The molecule has 0 aliphatic carbocycles. The van der Waals surface area contributed by atoms with Crippen LogP contribution in [0, 0.1) is 6.92 Å². The van der Waals surface area contributed by atoms with E-state index in [9.17, 15) is 4.79 Å². The molecule has 4 heteroatoms. The summed E-state index contributed by atoms with van der Waals surface area (Å²) in [6.45, 7) is 9.97. The van der Waals surface area contributed by atoms with Crippen molar-refractivity contribution < 1.29 is 9.21 Å². The standard InChI is InChI=1S/C25H30N2O2/c1-18(2)27(16-22-13-9-8-10-19(22)3)17-23-14-15-24(29-23)25(28)26-20(4)21-11-6-5-7-12-21/h5-15,18,20H,16-17H2,1-4H3,(H,26,28)/t20-/m0/s1. The summed E-state index contributed by atoms with van der Waals surface area (Å²) in [6.07, 6.45) is 0. The van der Waals surface area contributed by atoms with Gasteiger partial charge in [-0.2, -0.15) is 0 Å². The molecule has 0 aliphatic rings. The first-order valence-electron chi connectivity index (χ1n) is 10.2. The molecule has 0 saturated carbocycles. The SMILES string of the molecule is Cc1ccccc1CN(Cc1ccc(C(=O)N[C@@H](C)c2ccccc2)o1)C(C)C. The van der Waals surface area contributed by atoms with E-state index in [0.29, 0.717) is 18.3 Å². The molecule has 3 rings (SSSR count). The summed E-state index contributed by atoms with van der Waals surface area (Å²) in [5, 5.41) is 3.00. The third kappa shape index (κ3) is 5.58. The summed E-state index contributed by atoms with van der Waals surface area (Å²) in [7, 11) is 0. The normalized spacial score (nSPS) is 12.3. The quantitative estimate of drug-likeness (QED) is 0.553. The van der Waals surface area contributed by atoms with Gasteiger partial charge in [-0.1, -0.05) is 54.6 Å². The monoisotopic (exact) mass is 390 g/mol. The molecule has 1 heterocycles. The van der Waals surface area contributed by atoms with Crippen molar-refractivity contribution in [1.29, 1.82) is 0 Å². The molecule has 0 fully saturated rings. The van der Waals surface area contributed by atoms with Gasteiger partial charge >= 0.3 is 0 Å². The summed E-state index contributed by atoms with van der Waals surface area (Å²) in [5.41, 5.74) is 3.66. The molecule has 4 nitrogen and oxygen atoms in total. The molecule has 29 heavy (non-hydrogen) atoms. The second-order valence-electron chi connectivity index (χ2n) is 7.80. The number of carbonyl (C=O) groups excluding carboxylic acids is 1. The van der Waals surface area contributed by atoms with E-state index in [1.807, 2.05) is 43.3 Å². The van der Waals surface area contributed by atoms with Gasteiger partial charge in [-0.3, -0.25) is 9.69 Å². The molecule has 1 amide bonds. The molecule has 1 N–H and O–H groups in total. The van der Waals surface area contributed by atoms with Crippen molar-refractivity contribution in [3.8, 4) is 0 Å². The van der Waals surface area contributed by atoms with Crippen LogP contribution in [0.15, 0.2) is 71.1 Å². The van der Waals surface area contributed by atoms with Gasteiger partial charge in [0.05, 0.1) is 12.6 Å². The predicted octanol–water partition coefficient (Wildman–Crippen LogP) is 5.49. The number of benzene rings is 2. The van der Waals surface area contributed by atoms with Gasteiger partial charge < -0.3 is 9.73 Å². The lowest BCUT2D eigenvalue weighted by atomic mass is 10.1. The maximum absolute atomic E-state index is 12.6. The molecule has 1 aromatic heterocycles. The average Bonchev–Trinajstić information content (AvgIpc) is 3.18. The largest absolute Gasteiger partial charge is 0.455 e. The highest BCUT2D eigenvalue weighted by atomic mass is 16.4. The molecule has 3 aromatic rings.